The number of carbonyl (C=O) groups is 1. The van der Waals surface area contributed by atoms with E-state index in [4.69, 9.17) is 32.4 Å². The van der Waals surface area contributed by atoms with Gasteiger partial charge in [-0.2, -0.15) is 0 Å². The summed E-state index contributed by atoms with van der Waals surface area (Å²) in [5.74, 6) is 0.134. The van der Waals surface area contributed by atoms with E-state index in [1.54, 1.807) is 18.2 Å². The molecule has 1 aromatic rings. The van der Waals surface area contributed by atoms with Gasteiger partial charge in [-0.1, -0.05) is 44.0 Å². The van der Waals surface area contributed by atoms with Crippen LogP contribution in [-0.2, 0) is 9.22 Å². The number of benzene rings is 1. The van der Waals surface area contributed by atoms with Crippen LogP contribution in [0.4, 0.5) is 0 Å². The van der Waals surface area contributed by atoms with E-state index < -0.39 is 8.32 Å². The maximum atomic E-state index is 11.9. The zero-order valence-electron chi connectivity index (χ0n) is 12.4. The van der Waals surface area contributed by atoms with Crippen molar-refractivity contribution < 1.29 is 14.0 Å². The lowest BCUT2D eigenvalue weighted by atomic mass is 10.2. The average Bonchev–Trinajstić information content (AvgIpc) is 2.28. The molecule has 0 bridgehead atoms. The number of rotatable bonds is 4. The molecule has 0 unspecified atom stereocenters. The molecule has 0 aliphatic rings. The van der Waals surface area contributed by atoms with Gasteiger partial charge in [0.05, 0.1) is 10.0 Å². The van der Waals surface area contributed by atoms with Gasteiger partial charge in [0, 0.05) is 6.07 Å². The first kappa shape index (κ1) is 17.3. The first-order valence-corrected chi connectivity index (χ1v) is 9.99. The number of carbonyl (C=O) groups excluding carboxylic acids is 1. The summed E-state index contributed by atoms with van der Waals surface area (Å²) in [6, 6.07) is 4.86. The van der Waals surface area contributed by atoms with Gasteiger partial charge in [0.15, 0.2) is 6.61 Å². The van der Waals surface area contributed by atoms with Crippen molar-refractivity contribution in [3.63, 3.8) is 0 Å². The van der Waals surface area contributed by atoms with Gasteiger partial charge >= 0.3 is 5.97 Å². The van der Waals surface area contributed by atoms with E-state index >= 15 is 0 Å². The lowest BCUT2D eigenvalue weighted by molar-refractivity contribution is -0.137. The molecule has 0 amide bonds. The van der Waals surface area contributed by atoms with Crippen molar-refractivity contribution in [1.82, 2.24) is 0 Å². The second-order valence-electron chi connectivity index (χ2n) is 6.10. The Morgan fingerprint density at radius 2 is 1.80 bits per heavy atom. The first-order chi connectivity index (χ1) is 9.03. The molecule has 0 aromatic heterocycles. The van der Waals surface area contributed by atoms with Crippen molar-refractivity contribution in [1.29, 1.82) is 0 Å². The number of halogens is 2. The molecule has 1 rings (SSSR count). The molecule has 0 radical (unpaired) electrons. The Morgan fingerprint density at radius 3 is 2.30 bits per heavy atom. The topological polar surface area (TPSA) is 35.5 Å². The summed E-state index contributed by atoms with van der Waals surface area (Å²) < 4.78 is 11.0. The van der Waals surface area contributed by atoms with E-state index in [0.29, 0.717) is 15.8 Å². The second-order valence-corrected chi connectivity index (χ2v) is 11.6. The largest absolute Gasteiger partial charge is 0.517 e. The Kier molecular flexibility index (Phi) is 5.52. The highest BCUT2D eigenvalue weighted by Gasteiger charge is 2.40. The van der Waals surface area contributed by atoms with E-state index in [1.165, 1.54) is 0 Å². The molecule has 20 heavy (non-hydrogen) atoms. The van der Waals surface area contributed by atoms with Crippen LogP contribution in [0.5, 0.6) is 5.75 Å². The molecule has 3 nitrogen and oxygen atoms in total. The van der Waals surface area contributed by atoms with Gasteiger partial charge in [-0.25, -0.2) is 4.79 Å². The molecule has 0 heterocycles. The minimum Gasteiger partial charge on any atom is -0.517 e. The molecule has 6 heteroatoms. The Bertz CT molecular complexity index is 496. The zero-order chi connectivity index (χ0) is 15.6. The number of hydrogen-bond acceptors (Lipinski definition) is 3. The Morgan fingerprint density at radius 1 is 1.20 bits per heavy atom. The van der Waals surface area contributed by atoms with Crippen LogP contribution in [0.15, 0.2) is 18.2 Å². The van der Waals surface area contributed by atoms with Crippen LogP contribution >= 0.6 is 23.2 Å². The Balaban J connectivity index is 2.58. The van der Waals surface area contributed by atoms with Gasteiger partial charge in [0.1, 0.15) is 5.75 Å². The number of hydrogen-bond donors (Lipinski definition) is 0. The first-order valence-electron chi connectivity index (χ1n) is 6.32. The fourth-order valence-corrected chi connectivity index (χ4v) is 2.40. The number of ether oxygens (including phenoxy) is 1. The van der Waals surface area contributed by atoms with Crippen molar-refractivity contribution >= 4 is 37.5 Å². The normalized spacial score (nSPS) is 12.2. The molecular weight excluding hydrogens is 315 g/mol. The summed E-state index contributed by atoms with van der Waals surface area (Å²) in [6.45, 7) is 10.1. The lowest BCUT2D eigenvalue weighted by Crippen LogP contribution is -2.43. The predicted octanol–water partition coefficient (Wildman–Crippen LogP) is 4.92. The van der Waals surface area contributed by atoms with Gasteiger partial charge in [-0.3, -0.25) is 0 Å². The average molecular weight is 335 g/mol. The molecule has 0 spiro atoms. The SMILES string of the molecule is CC(C)(C)[Si](C)(C)OC(=O)COc1ccc(Cl)c(Cl)c1. The van der Waals surface area contributed by atoms with Gasteiger partial charge in [0.2, 0.25) is 0 Å². The molecular formula is C14H20Cl2O3Si. The Labute approximate surface area is 131 Å². The molecule has 0 atom stereocenters. The smallest absolute Gasteiger partial charge is 0.330 e. The van der Waals surface area contributed by atoms with Crippen molar-refractivity contribution in [2.75, 3.05) is 6.61 Å². The third kappa shape index (κ3) is 4.68. The van der Waals surface area contributed by atoms with Crippen LogP contribution in [0.2, 0.25) is 28.2 Å². The van der Waals surface area contributed by atoms with Crippen LogP contribution < -0.4 is 4.74 Å². The zero-order valence-corrected chi connectivity index (χ0v) is 14.9. The van der Waals surface area contributed by atoms with E-state index in [9.17, 15) is 4.79 Å². The van der Waals surface area contributed by atoms with E-state index in [2.05, 4.69) is 20.8 Å². The van der Waals surface area contributed by atoms with Crippen LogP contribution in [0.3, 0.4) is 0 Å². The van der Waals surface area contributed by atoms with Gasteiger partial charge < -0.3 is 9.16 Å². The molecule has 0 saturated heterocycles. The summed E-state index contributed by atoms with van der Waals surface area (Å²) in [5, 5.41) is 0.816. The molecule has 0 fully saturated rings. The van der Waals surface area contributed by atoms with Crippen molar-refractivity contribution in [3.8, 4) is 5.75 Å². The molecule has 0 aliphatic heterocycles. The van der Waals surface area contributed by atoms with E-state index in [0.717, 1.165) is 0 Å². The molecule has 0 N–H and O–H groups in total. The van der Waals surface area contributed by atoms with Gasteiger partial charge in [-0.15, -0.1) is 0 Å². The summed E-state index contributed by atoms with van der Waals surface area (Å²) in [7, 11) is -2.10. The van der Waals surface area contributed by atoms with Gasteiger partial charge in [-0.05, 0) is 30.3 Å². The third-order valence-corrected chi connectivity index (χ3v) is 8.51. The van der Waals surface area contributed by atoms with Crippen molar-refractivity contribution in [3.05, 3.63) is 28.2 Å². The second kappa shape index (κ2) is 6.37. The maximum absolute atomic E-state index is 11.9. The van der Waals surface area contributed by atoms with Crippen LogP contribution in [0.1, 0.15) is 20.8 Å². The molecule has 1 aromatic carbocycles. The minimum absolute atomic E-state index is 0.0216. The predicted molar refractivity (Wildman–Crippen MR) is 85.2 cm³/mol. The van der Waals surface area contributed by atoms with Crippen molar-refractivity contribution in [2.24, 2.45) is 0 Å². The minimum atomic E-state index is -2.10. The highest BCUT2D eigenvalue weighted by Crippen LogP contribution is 2.36. The molecule has 112 valence electrons. The maximum Gasteiger partial charge on any atom is 0.330 e. The fourth-order valence-electron chi connectivity index (χ4n) is 1.18. The van der Waals surface area contributed by atoms with Crippen molar-refractivity contribution in [2.45, 2.75) is 38.9 Å². The highest BCUT2D eigenvalue weighted by atomic mass is 35.5. The fraction of sp³-hybridized carbons (Fsp3) is 0.500. The summed E-state index contributed by atoms with van der Waals surface area (Å²) in [4.78, 5) is 11.9. The Hall–Kier alpha value is -0.713. The summed E-state index contributed by atoms with van der Waals surface area (Å²) in [6.07, 6.45) is 0. The quantitative estimate of drug-likeness (QED) is 0.733. The molecule has 0 aliphatic carbocycles. The summed E-state index contributed by atoms with van der Waals surface area (Å²) >= 11 is 11.7. The molecule has 0 saturated carbocycles. The van der Waals surface area contributed by atoms with Crippen LogP contribution in [0, 0.1) is 0 Å². The van der Waals surface area contributed by atoms with E-state index in [1.807, 2.05) is 13.1 Å². The summed E-state index contributed by atoms with van der Waals surface area (Å²) in [5.41, 5.74) is 0. The van der Waals surface area contributed by atoms with E-state index in [-0.39, 0.29) is 17.6 Å². The van der Waals surface area contributed by atoms with Gasteiger partial charge in [0.25, 0.3) is 8.32 Å². The monoisotopic (exact) mass is 334 g/mol. The van der Waals surface area contributed by atoms with Crippen LogP contribution in [0.25, 0.3) is 0 Å². The highest BCUT2D eigenvalue weighted by molar-refractivity contribution is 6.75. The third-order valence-electron chi connectivity index (χ3n) is 3.42. The standard InChI is InChI=1S/C14H20Cl2O3Si/c1-14(2,3)20(4,5)19-13(17)9-18-10-6-7-11(15)12(16)8-10/h6-8H,9H2,1-5H3. The van der Waals surface area contributed by atoms with Crippen LogP contribution in [-0.4, -0.2) is 20.9 Å². The lowest BCUT2D eigenvalue weighted by Gasteiger charge is -2.35.